The maximum atomic E-state index is 13.1. The first kappa shape index (κ1) is 25.9. The molecular formula is C22H23F6N5O3. The second-order valence-electron chi connectivity index (χ2n) is 8.70. The van der Waals surface area contributed by atoms with Gasteiger partial charge in [-0.2, -0.15) is 26.3 Å². The fourth-order valence-electron chi connectivity index (χ4n) is 4.49. The van der Waals surface area contributed by atoms with Gasteiger partial charge in [0, 0.05) is 50.7 Å². The number of hydrogen-bond acceptors (Lipinski definition) is 6. The molecule has 2 aromatic heterocycles. The van der Waals surface area contributed by atoms with Crippen molar-refractivity contribution in [3.63, 3.8) is 0 Å². The average molecular weight is 519 g/mol. The monoisotopic (exact) mass is 519 g/mol. The summed E-state index contributed by atoms with van der Waals surface area (Å²) in [5.41, 5.74) is -3.12. The molecule has 2 fully saturated rings. The predicted octanol–water partition coefficient (Wildman–Crippen LogP) is 3.20. The Kier molecular flexibility index (Phi) is 7.25. The third-order valence-corrected chi connectivity index (χ3v) is 6.41. The van der Waals surface area contributed by atoms with Crippen molar-refractivity contribution in [3.8, 4) is 0 Å². The summed E-state index contributed by atoms with van der Waals surface area (Å²) in [6, 6.07) is 0.843. The van der Waals surface area contributed by atoms with Gasteiger partial charge in [0.05, 0.1) is 11.7 Å². The molecule has 2 atom stereocenters. The van der Waals surface area contributed by atoms with E-state index in [0.29, 0.717) is 50.3 Å². The molecule has 2 aromatic rings. The number of pyridine rings is 1. The van der Waals surface area contributed by atoms with E-state index < -0.39 is 35.1 Å². The van der Waals surface area contributed by atoms with Crippen LogP contribution in [0.2, 0.25) is 0 Å². The zero-order valence-electron chi connectivity index (χ0n) is 18.9. The third kappa shape index (κ3) is 5.79. The van der Waals surface area contributed by atoms with Gasteiger partial charge in [0.15, 0.2) is 0 Å². The van der Waals surface area contributed by atoms with E-state index in [4.69, 9.17) is 4.74 Å². The van der Waals surface area contributed by atoms with Crippen LogP contribution in [0.3, 0.4) is 0 Å². The van der Waals surface area contributed by atoms with Crippen LogP contribution >= 0.6 is 0 Å². The van der Waals surface area contributed by atoms with E-state index in [2.05, 4.69) is 15.0 Å². The summed E-state index contributed by atoms with van der Waals surface area (Å²) in [5, 5.41) is 0. The van der Waals surface area contributed by atoms with Crippen LogP contribution in [0.15, 0.2) is 29.5 Å². The highest BCUT2D eigenvalue weighted by Crippen LogP contribution is 2.38. The fourth-order valence-corrected chi connectivity index (χ4v) is 4.49. The third-order valence-electron chi connectivity index (χ3n) is 6.41. The Balaban J connectivity index is 1.30. The van der Waals surface area contributed by atoms with E-state index in [9.17, 15) is 35.9 Å². The highest BCUT2D eigenvalue weighted by Gasteiger charge is 2.37. The Morgan fingerprint density at radius 1 is 1.03 bits per heavy atom. The molecule has 0 unspecified atom stereocenters. The molecule has 0 radical (unpaired) electrons. The van der Waals surface area contributed by atoms with Crippen molar-refractivity contribution in [1.82, 2.24) is 19.9 Å². The first-order valence-corrected chi connectivity index (χ1v) is 11.3. The molecule has 1 N–H and O–H groups in total. The molecule has 4 rings (SSSR count). The standard InChI is InChI=1S/C22H23F6N5O3/c23-21(24,25)14-10-30-20(31-11-14)33-6-4-32(5-7-33)18(34)12-36-17-3-1-2-15(17)13-8-16(22(26,27)28)19(35)29-9-13/h8-11,15,17H,1-7,12H2,(H,29,35)/t15-,17+/m1/s1. The van der Waals surface area contributed by atoms with Crippen LogP contribution in [0.1, 0.15) is 41.9 Å². The minimum atomic E-state index is -4.78. The topological polar surface area (TPSA) is 91.4 Å². The highest BCUT2D eigenvalue weighted by molar-refractivity contribution is 5.77. The molecule has 8 nitrogen and oxygen atoms in total. The van der Waals surface area contributed by atoms with Crippen LogP contribution in [-0.4, -0.2) is 64.6 Å². The maximum absolute atomic E-state index is 13.1. The van der Waals surface area contributed by atoms with Crippen LogP contribution < -0.4 is 10.5 Å². The lowest BCUT2D eigenvalue weighted by Crippen LogP contribution is -2.50. The Morgan fingerprint density at radius 2 is 1.69 bits per heavy atom. The number of halogens is 6. The summed E-state index contributed by atoms with van der Waals surface area (Å²) in [5.74, 6) is -0.547. The lowest BCUT2D eigenvalue weighted by Gasteiger charge is -2.35. The Labute approximate surface area is 201 Å². The number of rotatable bonds is 5. The summed E-state index contributed by atoms with van der Waals surface area (Å²) < 4.78 is 83.2. The number of alkyl halides is 6. The number of aromatic amines is 1. The van der Waals surface area contributed by atoms with Gasteiger partial charge < -0.3 is 19.5 Å². The quantitative estimate of drug-likeness (QED) is 0.611. The van der Waals surface area contributed by atoms with Crippen LogP contribution in [0.25, 0.3) is 0 Å². The predicted molar refractivity (Wildman–Crippen MR) is 114 cm³/mol. The molecule has 1 saturated carbocycles. The van der Waals surface area contributed by atoms with Crippen molar-refractivity contribution in [2.75, 3.05) is 37.7 Å². The van der Waals surface area contributed by atoms with Gasteiger partial charge in [-0.25, -0.2) is 9.97 Å². The molecule has 1 aliphatic heterocycles. The molecule has 36 heavy (non-hydrogen) atoms. The van der Waals surface area contributed by atoms with E-state index in [1.54, 1.807) is 9.80 Å². The van der Waals surface area contributed by atoms with Crippen molar-refractivity contribution in [3.05, 3.63) is 51.7 Å². The summed E-state index contributed by atoms with van der Waals surface area (Å²) in [4.78, 5) is 37.1. The SMILES string of the molecule is O=C(CO[C@H]1CCC[C@@H]1c1c[nH]c(=O)c(C(F)(F)F)c1)N1CCN(c2ncc(C(F)(F)F)cn2)CC1. The first-order valence-electron chi connectivity index (χ1n) is 11.3. The van der Waals surface area contributed by atoms with Gasteiger partial charge in [-0.3, -0.25) is 9.59 Å². The minimum Gasteiger partial charge on any atom is -0.368 e. The summed E-state index contributed by atoms with van der Waals surface area (Å²) in [6.45, 7) is 0.958. The number of ether oxygens (including phenoxy) is 1. The molecule has 3 heterocycles. The van der Waals surface area contributed by atoms with E-state index in [1.165, 1.54) is 6.20 Å². The van der Waals surface area contributed by atoms with Gasteiger partial charge in [-0.05, 0) is 24.5 Å². The molecule has 14 heteroatoms. The number of carbonyl (C=O) groups is 1. The lowest BCUT2D eigenvalue weighted by atomic mass is 9.96. The summed E-state index contributed by atoms with van der Waals surface area (Å²) in [7, 11) is 0. The molecule has 1 amide bonds. The van der Waals surface area contributed by atoms with Gasteiger partial charge in [-0.15, -0.1) is 0 Å². The number of amides is 1. The van der Waals surface area contributed by atoms with Gasteiger partial charge in [0.1, 0.15) is 12.2 Å². The smallest absolute Gasteiger partial charge is 0.368 e. The van der Waals surface area contributed by atoms with Crippen molar-refractivity contribution in [2.45, 2.75) is 43.6 Å². The van der Waals surface area contributed by atoms with E-state index in [-0.39, 0.29) is 37.5 Å². The Hall–Kier alpha value is -3.16. The van der Waals surface area contributed by atoms with Gasteiger partial charge >= 0.3 is 12.4 Å². The highest BCUT2D eigenvalue weighted by atomic mass is 19.4. The summed E-state index contributed by atoms with van der Waals surface area (Å²) >= 11 is 0. The molecule has 196 valence electrons. The zero-order valence-corrected chi connectivity index (χ0v) is 18.9. The molecule has 1 saturated heterocycles. The summed E-state index contributed by atoms with van der Waals surface area (Å²) in [6.07, 6.45) is -5.25. The Bertz CT molecular complexity index is 1130. The number of hydrogen-bond donors (Lipinski definition) is 1. The van der Waals surface area contributed by atoms with Crippen molar-refractivity contribution in [1.29, 1.82) is 0 Å². The number of anilines is 1. The van der Waals surface area contributed by atoms with Crippen molar-refractivity contribution < 1.29 is 35.9 Å². The van der Waals surface area contributed by atoms with Crippen LogP contribution in [0.5, 0.6) is 0 Å². The number of aromatic nitrogens is 3. The second-order valence-corrected chi connectivity index (χ2v) is 8.70. The van der Waals surface area contributed by atoms with Crippen molar-refractivity contribution in [2.24, 2.45) is 0 Å². The molecule has 0 bridgehead atoms. The maximum Gasteiger partial charge on any atom is 0.421 e. The number of piperazine rings is 1. The van der Waals surface area contributed by atoms with Gasteiger partial charge in [0.25, 0.3) is 5.56 Å². The minimum absolute atomic E-state index is 0.138. The molecule has 0 spiro atoms. The van der Waals surface area contributed by atoms with Crippen LogP contribution in [0.4, 0.5) is 32.3 Å². The largest absolute Gasteiger partial charge is 0.421 e. The van der Waals surface area contributed by atoms with Crippen molar-refractivity contribution >= 4 is 11.9 Å². The normalized spacial score (nSPS) is 21.2. The van der Waals surface area contributed by atoms with Crippen LogP contribution in [0, 0.1) is 0 Å². The molecule has 1 aliphatic carbocycles. The van der Waals surface area contributed by atoms with Crippen LogP contribution in [-0.2, 0) is 21.9 Å². The average Bonchev–Trinajstić information content (AvgIpc) is 3.30. The number of nitrogens with one attached hydrogen (secondary N) is 1. The number of carbonyl (C=O) groups excluding carboxylic acids is 1. The number of H-pyrrole nitrogens is 1. The first-order chi connectivity index (χ1) is 16.9. The number of nitrogens with zero attached hydrogens (tertiary/aromatic N) is 4. The lowest BCUT2D eigenvalue weighted by molar-refractivity contribution is -0.139. The van der Waals surface area contributed by atoms with Gasteiger partial charge in [0.2, 0.25) is 11.9 Å². The molecule has 2 aliphatic rings. The molecule has 0 aromatic carbocycles. The molecular weight excluding hydrogens is 496 g/mol. The Morgan fingerprint density at radius 3 is 2.31 bits per heavy atom. The van der Waals surface area contributed by atoms with E-state index >= 15 is 0 Å². The fraction of sp³-hybridized carbons (Fsp3) is 0.545. The van der Waals surface area contributed by atoms with Gasteiger partial charge in [-0.1, -0.05) is 6.42 Å². The van der Waals surface area contributed by atoms with E-state index in [1.807, 2.05) is 0 Å². The second kappa shape index (κ2) is 10.1. The van der Waals surface area contributed by atoms with E-state index in [0.717, 1.165) is 6.07 Å². The zero-order chi connectivity index (χ0) is 26.1.